The minimum absolute atomic E-state index is 0.242. The number of para-hydroxylation sites is 1. The number of amides is 1. The van der Waals surface area contributed by atoms with Crippen molar-refractivity contribution in [2.75, 3.05) is 6.61 Å². The summed E-state index contributed by atoms with van der Waals surface area (Å²) in [5.41, 5.74) is 1.85. The topological polar surface area (TPSA) is 151 Å². The van der Waals surface area contributed by atoms with Crippen LogP contribution in [0, 0.1) is 10.1 Å². The molecule has 0 spiro atoms. The van der Waals surface area contributed by atoms with Crippen molar-refractivity contribution in [3.63, 3.8) is 0 Å². The van der Waals surface area contributed by atoms with Crippen LogP contribution >= 0.6 is 0 Å². The molecule has 10 heteroatoms. The molecule has 2 aromatic rings. The maximum atomic E-state index is 12.0. The van der Waals surface area contributed by atoms with Crippen molar-refractivity contribution < 1.29 is 29.5 Å². The van der Waals surface area contributed by atoms with E-state index in [0.29, 0.717) is 5.56 Å². The van der Waals surface area contributed by atoms with E-state index >= 15 is 0 Å². The Morgan fingerprint density at radius 1 is 1.27 bits per heavy atom. The molecule has 1 amide bonds. The summed E-state index contributed by atoms with van der Waals surface area (Å²) in [5.74, 6) is -2.20. The minimum Gasteiger partial charge on any atom is -0.507 e. The maximum absolute atomic E-state index is 12.0. The van der Waals surface area contributed by atoms with Gasteiger partial charge in [0.1, 0.15) is 11.5 Å². The highest BCUT2D eigenvalue weighted by Gasteiger charge is 2.16. The summed E-state index contributed by atoms with van der Waals surface area (Å²) < 4.78 is 5.08. The number of nitro groups is 1. The van der Waals surface area contributed by atoms with Crippen molar-refractivity contribution in [2.45, 2.75) is 0 Å². The molecule has 0 unspecified atom stereocenters. The molecule has 0 radical (unpaired) electrons. The molecule has 0 heterocycles. The number of hydrogen-bond donors (Lipinski definition) is 3. The molecule has 0 bridgehead atoms. The van der Waals surface area contributed by atoms with Crippen molar-refractivity contribution in [1.29, 1.82) is 0 Å². The lowest BCUT2D eigenvalue weighted by Crippen LogP contribution is -2.18. The summed E-state index contributed by atoms with van der Waals surface area (Å²) in [6.45, 7) is -0.543. The van der Waals surface area contributed by atoms with Gasteiger partial charge >= 0.3 is 5.97 Å². The van der Waals surface area contributed by atoms with Crippen molar-refractivity contribution in [2.24, 2.45) is 5.10 Å². The molecule has 0 fully saturated rings. The van der Waals surface area contributed by atoms with Crippen LogP contribution in [0.25, 0.3) is 0 Å². The molecule has 2 aromatic carbocycles. The first-order chi connectivity index (χ1) is 12.4. The Hall–Kier alpha value is -3.95. The number of hydrazone groups is 1. The number of carboxylic acid groups (broad SMARTS) is 1. The smallest absolute Gasteiger partial charge is 0.341 e. The van der Waals surface area contributed by atoms with Crippen molar-refractivity contribution in [3.05, 3.63) is 63.7 Å². The molecule has 0 aliphatic rings. The number of rotatable bonds is 7. The van der Waals surface area contributed by atoms with Crippen LogP contribution in [0.15, 0.2) is 47.6 Å². The number of carbonyl (C=O) groups is 2. The van der Waals surface area contributed by atoms with Crippen molar-refractivity contribution in [1.82, 2.24) is 5.43 Å². The van der Waals surface area contributed by atoms with Gasteiger partial charge in [0.15, 0.2) is 6.61 Å². The number of hydrogen-bond acceptors (Lipinski definition) is 7. The number of carboxylic acids is 1. The zero-order valence-corrected chi connectivity index (χ0v) is 13.2. The van der Waals surface area contributed by atoms with E-state index in [1.807, 2.05) is 0 Å². The van der Waals surface area contributed by atoms with Gasteiger partial charge in [0.05, 0.1) is 16.7 Å². The van der Waals surface area contributed by atoms with E-state index in [1.54, 1.807) is 18.2 Å². The molecule has 0 aliphatic carbocycles. The standard InChI is InChI=1S/C16H13N3O7/c20-13-6-5-11(19(24)25)7-12(13)16(23)18-17-8-10-3-1-2-4-14(10)26-9-15(21)22/h1-8,20H,9H2,(H,18,23)(H,21,22)/b17-8-. The summed E-state index contributed by atoms with van der Waals surface area (Å²) in [5, 5.41) is 32.7. The van der Waals surface area contributed by atoms with E-state index in [9.17, 15) is 24.8 Å². The summed E-state index contributed by atoms with van der Waals surface area (Å²) in [6, 6.07) is 9.41. The fourth-order valence-corrected chi connectivity index (χ4v) is 1.90. The molecular formula is C16H13N3O7. The summed E-state index contributed by atoms with van der Waals surface area (Å²) in [6.07, 6.45) is 1.21. The Kier molecular flexibility index (Phi) is 5.83. The first-order valence-corrected chi connectivity index (χ1v) is 7.13. The number of carbonyl (C=O) groups excluding carboxylic acids is 1. The number of aromatic hydroxyl groups is 1. The maximum Gasteiger partial charge on any atom is 0.341 e. The van der Waals surface area contributed by atoms with E-state index in [2.05, 4.69) is 10.5 Å². The molecule has 3 N–H and O–H groups in total. The molecule has 0 saturated heterocycles. The second kappa shape index (κ2) is 8.24. The first-order valence-electron chi connectivity index (χ1n) is 7.13. The molecule has 10 nitrogen and oxygen atoms in total. The Balaban J connectivity index is 2.11. The van der Waals surface area contributed by atoms with Crippen molar-refractivity contribution in [3.8, 4) is 11.5 Å². The number of phenolic OH excluding ortho intramolecular Hbond substituents is 1. The van der Waals surface area contributed by atoms with Gasteiger partial charge < -0.3 is 14.9 Å². The van der Waals surface area contributed by atoms with Gasteiger partial charge in [0, 0.05) is 17.7 Å². The Bertz CT molecular complexity index is 880. The Morgan fingerprint density at radius 3 is 2.69 bits per heavy atom. The minimum atomic E-state index is -1.15. The molecule has 26 heavy (non-hydrogen) atoms. The fourth-order valence-electron chi connectivity index (χ4n) is 1.90. The van der Waals surface area contributed by atoms with Crippen molar-refractivity contribution >= 4 is 23.8 Å². The number of non-ortho nitro benzene ring substituents is 1. The van der Waals surface area contributed by atoms with E-state index in [4.69, 9.17) is 9.84 Å². The zero-order chi connectivity index (χ0) is 19.1. The second-order valence-corrected chi connectivity index (χ2v) is 4.88. The third kappa shape index (κ3) is 4.77. The number of nitro benzene ring substituents is 1. The Morgan fingerprint density at radius 2 is 2.00 bits per heavy atom. The van der Waals surface area contributed by atoms with Crippen LogP contribution in [0.3, 0.4) is 0 Å². The zero-order valence-electron chi connectivity index (χ0n) is 13.2. The molecular weight excluding hydrogens is 346 g/mol. The first kappa shape index (κ1) is 18.4. The number of ether oxygens (including phenoxy) is 1. The predicted octanol–water partition coefficient (Wildman–Crippen LogP) is 1.53. The van der Waals surface area contributed by atoms with Crippen LogP contribution in [0.4, 0.5) is 5.69 Å². The normalized spacial score (nSPS) is 10.5. The average Bonchev–Trinajstić information content (AvgIpc) is 2.60. The van der Waals surface area contributed by atoms with E-state index in [-0.39, 0.29) is 17.0 Å². The summed E-state index contributed by atoms with van der Waals surface area (Å²) in [4.78, 5) is 32.6. The van der Waals surface area contributed by atoms with Crippen LogP contribution in [-0.2, 0) is 4.79 Å². The number of benzene rings is 2. The number of nitrogens with one attached hydrogen (secondary N) is 1. The highest BCUT2D eigenvalue weighted by atomic mass is 16.6. The number of aliphatic carboxylic acids is 1. The second-order valence-electron chi connectivity index (χ2n) is 4.88. The third-order valence-electron chi connectivity index (χ3n) is 3.08. The summed E-state index contributed by atoms with van der Waals surface area (Å²) in [7, 11) is 0. The third-order valence-corrected chi connectivity index (χ3v) is 3.08. The lowest BCUT2D eigenvalue weighted by molar-refractivity contribution is -0.384. The van der Waals surface area contributed by atoms with Gasteiger partial charge in [-0.05, 0) is 18.2 Å². The fraction of sp³-hybridized carbons (Fsp3) is 0.0625. The van der Waals surface area contributed by atoms with Gasteiger partial charge in [0.25, 0.3) is 11.6 Å². The van der Waals surface area contributed by atoms with Crippen LogP contribution in [0.5, 0.6) is 11.5 Å². The monoisotopic (exact) mass is 359 g/mol. The number of nitrogens with zero attached hydrogens (tertiary/aromatic N) is 2. The van der Waals surface area contributed by atoms with Crippen LogP contribution in [0.1, 0.15) is 15.9 Å². The highest BCUT2D eigenvalue weighted by Crippen LogP contribution is 2.22. The van der Waals surface area contributed by atoms with Gasteiger partial charge in [-0.25, -0.2) is 10.2 Å². The van der Waals surface area contributed by atoms with E-state index < -0.39 is 29.2 Å². The highest BCUT2D eigenvalue weighted by molar-refractivity contribution is 5.98. The van der Waals surface area contributed by atoms with Gasteiger partial charge in [-0.2, -0.15) is 5.10 Å². The summed E-state index contributed by atoms with van der Waals surface area (Å²) >= 11 is 0. The molecule has 134 valence electrons. The van der Waals surface area contributed by atoms with E-state index in [0.717, 1.165) is 18.2 Å². The lowest BCUT2D eigenvalue weighted by atomic mass is 10.1. The lowest BCUT2D eigenvalue weighted by Gasteiger charge is -2.06. The van der Waals surface area contributed by atoms with E-state index in [1.165, 1.54) is 12.3 Å². The van der Waals surface area contributed by atoms with Gasteiger partial charge in [-0.3, -0.25) is 14.9 Å². The Labute approximate surface area is 146 Å². The number of phenols is 1. The quantitative estimate of drug-likeness (QED) is 0.385. The van der Waals surface area contributed by atoms with Gasteiger partial charge in [-0.15, -0.1) is 0 Å². The average molecular weight is 359 g/mol. The van der Waals surface area contributed by atoms with Gasteiger partial charge in [0.2, 0.25) is 0 Å². The predicted molar refractivity (Wildman–Crippen MR) is 89.4 cm³/mol. The molecule has 0 aliphatic heterocycles. The van der Waals surface area contributed by atoms with Crippen LogP contribution < -0.4 is 10.2 Å². The molecule has 0 atom stereocenters. The largest absolute Gasteiger partial charge is 0.507 e. The van der Waals surface area contributed by atoms with Crippen LogP contribution in [-0.4, -0.2) is 39.8 Å². The molecule has 0 saturated carbocycles. The molecule has 2 rings (SSSR count). The molecule has 0 aromatic heterocycles. The van der Waals surface area contributed by atoms with Crippen LogP contribution in [0.2, 0.25) is 0 Å². The van der Waals surface area contributed by atoms with Gasteiger partial charge in [-0.1, -0.05) is 12.1 Å². The SMILES string of the molecule is O=C(O)COc1ccccc1/C=N\NC(=O)c1cc([N+](=O)[O-])ccc1O.